The molecule has 3 amide bonds. The molecule has 0 aliphatic carbocycles. The third kappa shape index (κ3) is 5.58. The topological polar surface area (TPSA) is 79.0 Å². The number of hydrogen-bond donors (Lipinski definition) is 1. The Morgan fingerprint density at radius 1 is 0.824 bits per heavy atom. The van der Waals surface area contributed by atoms with Gasteiger partial charge in [0.1, 0.15) is 11.8 Å². The Balaban J connectivity index is 1.46. The van der Waals surface area contributed by atoms with Gasteiger partial charge in [0.2, 0.25) is 5.91 Å². The van der Waals surface area contributed by atoms with Gasteiger partial charge in [0.25, 0.3) is 11.8 Å². The van der Waals surface area contributed by atoms with Crippen LogP contribution in [-0.4, -0.2) is 66.9 Å². The molecule has 1 atom stereocenters. The van der Waals surface area contributed by atoms with Gasteiger partial charge in [0, 0.05) is 37.3 Å². The molecule has 0 bridgehead atoms. The van der Waals surface area contributed by atoms with Crippen LogP contribution in [0.2, 0.25) is 0 Å². The summed E-state index contributed by atoms with van der Waals surface area (Å²) < 4.78 is 5.18. The molecule has 34 heavy (non-hydrogen) atoms. The number of amides is 3. The summed E-state index contributed by atoms with van der Waals surface area (Å²) in [6, 6.07) is 15.6. The van der Waals surface area contributed by atoms with E-state index in [1.165, 1.54) is 0 Å². The summed E-state index contributed by atoms with van der Waals surface area (Å²) in [5.74, 6) is 0.403. The molecule has 2 aromatic carbocycles. The van der Waals surface area contributed by atoms with Gasteiger partial charge in [-0.05, 0) is 74.4 Å². The number of carbonyl (C=O) groups is 3. The minimum Gasteiger partial charge on any atom is -0.497 e. The lowest BCUT2D eigenvalue weighted by Crippen LogP contribution is -2.55. The van der Waals surface area contributed by atoms with Crippen molar-refractivity contribution in [3.63, 3.8) is 0 Å². The predicted octanol–water partition coefficient (Wildman–Crippen LogP) is 3.36. The van der Waals surface area contributed by atoms with Crippen molar-refractivity contribution >= 4 is 17.7 Å². The Labute approximate surface area is 201 Å². The molecule has 0 spiro atoms. The second-order valence-corrected chi connectivity index (χ2v) is 9.06. The van der Waals surface area contributed by atoms with E-state index in [2.05, 4.69) is 5.32 Å². The first-order valence-corrected chi connectivity index (χ1v) is 12.1. The summed E-state index contributed by atoms with van der Waals surface area (Å²) in [6.07, 6.45) is 4.47. The molecule has 7 heteroatoms. The molecule has 2 aliphatic heterocycles. The summed E-state index contributed by atoms with van der Waals surface area (Å²) >= 11 is 0. The molecule has 2 heterocycles. The molecule has 2 fully saturated rings. The lowest BCUT2D eigenvalue weighted by Gasteiger charge is -2.38. The highest BCUT2D eigenvalue weighted by atomic mass is 16.5. The van der Waals surface area contributed by atoms with Crippen LogP contribution in [0.5, 0.6) is 5.75 Å². The number of nitrogens with one attached hydrogen (secondary N) is 1. The van der Waals surface area contributed by atoms with Crippen molar-refractivity contribution in [3.05, 3.63) is 65.7 Å². The highest BCUT2D eigenvalue weighted by molar-refractivity contribution is 5.98. The summed E-state index contributed by atoms with van der Waals surface area (Å²) in [5.41, 5.74) is 1.17. The van der Waals surface area contributed by atoms with Crippen LogP contribution in [0.15, 0.2) is 54.6 Å². The molecular formula is C27H33N3O4. The van der Waals surface area contributed by atoms with Crippen LogP contribution in [0.3, 0.4) is 0 Å². The standard InChI is InChI=1S/C27H33N3O4/c1-34-23-12-10-21(11-13-23)25(31)28-24(27(33)29-16-6-3-7-17-29)20-14-18-30(19-15-20)26(32)22-8-4-2-5-9-22/h2,4-5,8-13,20,24H,3,6-7,14-19H2,1H3,(H,28,31). The lowest BCUT2D eigenvalue weighted by atomic mass is 9.87. The average molecular weight is 464 g/mol. The van der Waals surface area contributed by atoms with Crippen molar-refractivity contribution in [1.82, 2.24) is 15.1 Å². The molecule has 0 aromatic heterocycles. The molecule has 0 radical (unpaired) electrons. The third-order valence-electron chi connectivity index (χ3n) is 6.89. The van der Waals surface area contributed by atoms with Crippen molar-refractivity contribution in [2.45, 2.75) is 38.1 Å². The van der Waals surface area contributed by atoms with Gasteiger partial charge >= 0.3 is 0 Å². The molecule has 1 N–H and O–H groups in total. The van der Waals surface area contributed by atoms with E-state index >= 15 is 0 Å². The van der Waals surface area contributed by atoms with Gasteiger partial charge in [0.15, 0.2) is 0 Å². The van der Waals surface area contributed by atoms with Crippen LogP contribution in [0, 0.1) is 5.92 Å². The Bertz CT molecular complexity index is 979. The lowest BCUT2D eigenvalue weighted by molar-refractivity contribution is -0.136. The molecule has 180 valence electrons. The predicted molar refractivity (Wildman–Crippen MR) is 130 cm³/mol. The molecule has 2 aromatic rings. The minimum atomic E-state index is -0.596. The first-order chi connectivity index (χ1) is 16.6. The fraction of sp³-hybridized carbons (Fsp3) is 0.444. The van der Waals surface area contributed by atoms with E-state index in [4.69, 9.17) is 4.74 Å². The monoisotopic (exact) mass is 463 g/mol. The zero-order chi connectivity index (χ0) is 23.9. The number of benzene rings is 2. The second-order valence-electron chi connectivity index (χ2n) is 9.06. The van der Waals surface area contributed by atoms with E-state index in [9.17, 15) is 14.4 Å². The van der Waals surface area contributed by atoms with Gasteiger partial charge in [-0.3, -0.25) is 14.4 Å². The van der Waals surface area contributed by atoms with E-state index in [1.54, 1.807) is 31.4 Å². The molecular weight excluding hydrogens is 430 g/mol. The summed E-state index contributed by atoms with van der Waals surface area (Å²) in [5, 5.41) is 3.04. The Kier molecular flexibility index (Phi) is 7.83. The SMILES string of the molecule is COc1ccc(C(=O)NC(C(=O)N2CCCCC2)C2CCN(C(=O)c3ccccc3)CC2)cc1. The number of rotatable bonds is 6. The summed E-state index contributed by atoms with van der Waals surface area (Å²) in [6.45, 7) is 2.61. The van der Waals surface area contributed by atoms with Crippen molar-refractivity contribution in [2.75, 3.05) is 33.3 Å². The van der Waals surface area contributed by atoms with Gasteiger partial charge in [-0.25, -0.2) is 0 Å². The molecule has 4 rings (SSSR count). The van der Waals surface area contributed by atoms with Crippen LogP contribution in [-0.2, 0) is 4.79 Å². The first kappa shape index (κ1) is 23.8. The van der Waals surface area contributed by atoms with Gasteiger partial charge in [-0.15, -0.1) is 0 Å². The number of methoxy groups -OCH3 is 1. The van der Waals surface area contributed by atoms with Crippen molar-refractivity contribution in [1.29, 1.82) is 0 Å². The van der Waals surface area contributed by atoms with E-state index in [-0.39, 0.29) is 23.6 Å². The smallest absolute Gasteiger partial charge is 0.253 e. The fourth-order valence-electron chi connectivity index (χ4n) is 4.86. The van der Waals surface area contributed by atoms with Crippen molar-refractivity contribution in [3.8, 4) is 5.75 Å². The van der Waals surface area contributed by atoms with E-state index < -0.39 is 6.04 Å². The normalized spacial score (nSPS) is 17.7. The maximum Gasteiger partial charge on any atom is 0.253 e. The fourth-order valence-corrected chi connectivity index (χ4v) is 4.86. The Hall–Kier alpha value is -3.35. The van der Waals surface area contributed by atoms with Crippen LogP contribution >= 0.6 is 0 Å². The van der Waals surface area contributed by atoms with E-state index in [1.807, 2.05) is 40.1 Å². The zero-order valence-electron chi connectivity index (χ0n) is 19.7. The van der Waals surface area contributed by atoms with Crippen LogP contribution in [0.1, 0.15) is 52.8 Å². The maximum absolute atomic E-state index is 13.5. The number of carbonyl (C=O) groups excluding carboxylic acids is 3. The molecule has 1 unspecified atom stereocenters. The molecule has 7 nitrogen and oxygen atoms in total. The van der Waals surface area contributed by atoms with Gasteiger partial charge in [0.05, 0.1) is 7.11 Å². The third-order valence-corrected chi connectivity index (χ3v) is 6.89. The number of piperidine rings is 2. The van der Waals surface area contributed by atoms with Gasteiger partial charge < -0.3 is 19.9 Å². The molecule has 2 aliphatic rings. The van der Waals surface area contributed by atoms with E-state index in [0.29, 0.717) is 42.8 Å². The van der Waals surface area contributed by atoms with Crippen molar-refractivity contribution < 1.29 is 19.1 Å². The highest BCUT2D eigenvalue weighted by Crippen LogP contribution is 2.25. The number of ether oxygens (including phenoxy) is 1. The Morgan fingerprint density at radius 3 is 2.09 bits per heavy atom. The van der Waals surface area contributed by atoms with Gasteiger partial charge in [-0.1, -0.05) is 18.2 Å². The maximum atomic E-state index is 13.5. The largest absolute Gasteiger partial charge is 0.497 e. The first-order valence-electron chi connectivity index (χ1n) is 12.1. The van der Waals surface area contributed by atoms with Crippen LogP contribution in [0.4, 0.5) is 0 Å². The minimum absolute atomic E-state index is 0.00519. The van der Waals surface area contributed by atoms with Crippen molar-refractivity contribution in [2.24, 2.45) is 5.92 Å². The summed E-state index contributed by atoms with van der Waals surface area (Å²) in [4.78, 5) is 43.2. The van der Waals surface area contributed by atoms with Crippen LogP contribution < -0.4 is 10.1 Å². The van der Waals surface area contributed by atoms with Gasteiger partial charge in [-0.2, -0.15) is 0 Å². The Morgan fingerprint density at radius 2 is 1.47 bits per heavy atom. The summed E-state index contributed by atoms with van der Waals surface area (Å²) in [7, 11) is 1.58. The number of hydrogen-bond acceptors (Lipinski definition) is 4. The quantitative estimate of drug-likeness (QED) is 0.713. The van der Waals surface area contributed by atoms with Crippen LogP contribution in [0.25, 0.3) is 0 Å². The number of likely N-dealkylation sites (tertiary alicyclic amines) is 2. The molecule has 0 saturated carbocycles. The zero-order valence-corrected chi connectivity index (χ0v) is 19.7. The second kappa shape index (κ2) is 11.2. The number of nitrogens with zero attached hydrogens (tertiary/aromatic N) is 2. The molecule has 2 saturated heterocycles. The van der Waals surface area contributed by atoms with E-state index in [0.717, 1.165) is 32.4 Å². The average Bonchev–Trinajstić information content (AvgIpc) is 2.92. The highest BCUT2D eigenvalue weighted by Gasteiger charge is 2.36.